The molecule has 9 heteroatoms. The van der Waals surface area contributed by atoms with Crippen molar-refractivity contribution in [3.05, 3.63) is 88.1 Å². The van der Waals surface area contributed by atoms with E-state index in [1.165, 1.54) is 25.5 Å². The first-order chi connectivity index (χ1) is 14.1. The van der Waals surface area contributed by atoms with E-state index in [0.717, 1.165) is 6.20 Å². The second kappa shape index (κ2) is 9.09. The van der Waals surface area contributed by atoms with E-state index in [9.17, 15) is 14.9 Å². The van der Waals surface area contributed by atoms with Crippen LogP contribution >= 0.6 is 0 Å². The highest BCUT2D eigenvalue weighted by Gasteiger charge is 2.12. The molecule has 0 spiro atoms. The number of hydrogen-bond donors (Lipinski definition) is 1. The molecule has 0 aliphatic carbocycles. The quantitative estimate of drug-likeness (QED) is 0.214. The minimum Gasteiger partial charge on any atom is -0.493 e. The summed E-state index contributed by atoms with van der Waals surface area (Å²) in [5, 5.41) is 14.6. The maximum atomic E-state index is 12.2. The first kappa shape index (κ1) is 19.5. The predicted octanol–water partition coefficient (Wildman–Crippen LogP) is 3.66. The lowest BCUT2D eigenvalue weighted by Crippen LogP contribution is -2.09. The van der Waals surface area contributed by atoms with Crippen LogP contribution in [0.4, 0.5) is 11.5 Å². The van der Waals surface area contributed by atoms with Gasteiger partial charge in [0.15, 0.2) is 11.5 Å². The number of hydrazone groups is 1. The van der Waals surface area contributed by atoms with E-state index in [1.54, 1.807) is 42.5 Å². The van der Waals surface area contributed by atoms with Gasteiger partial charge in [0.05, 0.1) is 23.8 Å². The number of carbonyl (C=O) groups excluding carboxylic acids is 1. The summed E-state index contributed by atoms with van der Waals surface area (Å²) in [6.07, 6.45) is 2.64. The fraction of sp³-hybridized carbons (Fsp3) is 0.0500. The van der Waals surface area contributed by atoms with Crippen molar-refractivity contribution in [2.45, 2.75) is 0 Å². The fourth-order valence-electron chi connectivity index (χ4n) is 2.31. The van der Waals surface area contributed by atoms with Crippen molar-refractivity contribution in [1.29, 1.82) is 0 Å². The monoisotopic (exact) mass is 392 g/mol. The number of nitrogens with one attached hydrogen (secondary N) is 1. The van der Waals surface area contributed by atoms with Crippen molar-refractivity contribution < 1.29 is 19.2 Å². The van der Waals surface area contributed by atoms with Crippen LogP contribution in [0, 0.1) is 10.1 Å². The Morgan fingerprint density at radius 1 is 1.14 bits per heavy atom. The lowest BCUT2D eigenvalue weighted by Gasteiger charge is -2.10. The Labute approximate surface area is 165 Å². The summed E-state index contributed by atoms with van der Waals surface area (Å²) >= 11 is 0. The SMILES string of the molecule is COc1cc(/C=N\Nc2ccc([N+](=O)[O-])cn2)ccc1OC(=O)c1ccccc1. The van der Waals surface area contributed by atoms with Gasteiger partial charge in [0, 0.05) is 6.07 Å². The number of rotatable bonds is 7. The molecule has 1 N–H and O–H groups in total. The van der Waals surface area contributed by atoms with E-state index < -0.39 is 10.9 Å². The smallest absolute Gasteiger partial charge is 0.343 e. The van der Waals surface area contributed by atoms with Gasteiger partial charge in [0.25, 0.3) is 5.69 Å². The summed E-state index contributed by atoms with van der Waals surface area (Å²) in [5.74, 6) is 0.513. The van der Waals surface area contributed by atoms with E-state index in [2.05, 4.69) is 15.5 Å². The van der Waals surface area contributed by atoms with E-state index in [4.69, 9.17) is 9.47 Å². The van der Waals surface area contributed by atoms with Crippen molar-refractivity contribution in [2.24, 2.45) is 5.10 Å². The van der Waals surface area contributed by atoms with Gasteiger partial charge in [-0.1, -0.05) is 18.2 Å². The van der Waals surface area contributed by atoms with E-state index in [0.29, 0.717) is 22.7 Å². The number of anilines is 1. The van der Waals surface area contributed by atoms with Crippen LogP contribution in [0.15, 0.2) is 72.0 Å². The highest BCUT2D eigenvalue weighted by Crippen LogP contribution is 2.28. The molecule has 1 heterocycles. The third-order valence-corrected chi connectivity index (χ3v) is 3.75. The highest BCUT2D eigenvalue weighted by atomic mass is 16.6. The molecule has 0 amide bonds. The van der Waals surface area contributed by atoms with Crippen LogP contribution in [-0.4, -0.2) is 29.2 Å². The second-order valence-corrected chi connectivity index (χ2v) is 5.69. The molecular weight excluding hydrogens is 376 g/mol. The number of benzene rings is 2. The molecule has 2 aromatic carbocycles. The van der Waals surface area contributed by atoms with Crippen LogP contribution in [0.3, 0.4) is 0 Å². The van der Waals surface area contributed by atoms with Crippen molar-refractivity contribution in [1.82, 2.24) is 4.98 Å². The molecule has 3 aromatic rings. The standard InChI is InChI=1S/C20H16N4O5/c1-28-18-11-14(12-22-23-19-10-8-16(13-21-19)24(26)27)7-9-17(18)29-20(25)15-5-3-2-4-6-15/h2-13H,1H3,(H,21,23)/b22-12-. The Kier molecular flexibility index (Phi) is 6.11. The first-order valence-corrected chi connectivity index (χ1v) is 8.41. The molecule has 146 valence electrons. The van der Waals surface area contributed by atoms with E-state index in [1.807, 2.05) is 6.07 Å². The van der Waals surface area contributed by atoms with Crippen LogP contribution < -0.4 is 14.9 Å². The summed E-state index contributed by atoms with van der Waals surface area (Å²) in [6.45, 7) is 0. The van der Waals surface area contributed by atoms with Gasteiger partial charge in [-0.25, -0.2) is 9.78 Å². The van der Waals surface area contributed by atoms with Gasteiger partial charge < -0.3 is 9.47 Å². The molecule has 0 aliphatic heterocycles. The molecule has 0 unspecified atom stereocenters. The summed E-state index contributed by atoms with van der Waals surface area (Å²) in [7, 11) is 1.47. The molecule has 0 saturated heterocycles. The number of carbonyl (C=O) groups is 1. The number of nitro groups is 1. The summed E-state index contributed by atoms with van der Waals surface area (Å²) in [6, 6.07) is 16.4. The lowest BCUT2D eigenvalue weighted by atomic mass is 10.2. The minimum atomic E-state index is -0.529. The molecule has 29 heavy (non-hydrogen) atoms. The maximum absolute atomic E-state index is 12.2. The van der Waals surface area contributed by atoms with Gasteiger partial charge in [-0.2, -0.15) is 5.10 Å². The highest BCUT2D eigenvalue weighted by molar-refractivity contribution is 5.91. The Hall–Kier alpha value is -4.27. The van der Waals surface area contributed by atoms with Gasteiger partial charge >= 0.3 is 5.97 Å². The van der Waals surface area contributed by atoms with Gasteiger partial charge in [0.1, 0.15) is 12.0 Å². The van der Waals surface area contributed by atoms with Crippen molar-refractivity contribution >= 4 is 23.7 Å². The van der Waals surface area contributed by atoms with Crippen LogP contribution in [0.1, 0.15) is 15.9 Å². The van der Waals surface area contributed by atoms with Gasteiger partial charge in [-0.3, -0.25) is 15.5 Å². The largest absolute Gasteiger partial charge is 0.493 e. The Morgan fingerprint density at radius 2 is 1.93 bits per heavy atom. The van der Waals surface area contributed by atoms with Crippen molar-refractivity contribution in [3.8, 4) is 11.5 Å². The van der Waals surface area contributed by atoms with Gasteiger partial charge in [-0.05, 0) is 42.0 Å². The number of ether oxygens (including phenoxy) is 2. The molecular formula is C20H16N4O5. The van der Waals surface area contributed by atoms with Crippen LogP contribution in [-0.2, 0) is 0 Å². The van der Waals surface area contributed by atoms with Crippen LogP contribution in [0.2, 0.25) is 0 Å². The summed E-state index contributed by atoms with van der Waals surface area (Å²) in [5.41, 5.74) is 3.68. The Balaban J connectivity index is 1.67. The zero-order chi connectivity index (χ0) is 20.6. The Morgan fingerprint density at radius 3 is 2.59 bits per heavy atom. The summed E-state index contributed by atoms with van der Waals surface area (Å²) < 4.78 is 10.7. The molecule has 0 radical (unpaired) electrons. The summed E-state index contributed by atoms with van der Waals surface area (Å²) in [4.78, 5) is 26.2. The van der Waals surface area contributed by atoms with Crippen molar-refractivity contribution in [3.63, 3.8) is 0 Å². The number of pyridine rings is 1. The molecule has 0 atom stereocenters. The average molecular weight is 392 g/mol. The molecule has 3 rings (SSSR count). The van der Waals surface area contributed by atoms with Gasteiger partial charge in [0.2, 0.25) is 0 Å². The first-order valence-electron chi connectivity index (χ1n) is 8.41. The number of esters is 1. The van der Waals surface area contributed by atoms with E-state index >= 15 is 0 Å². The second-order valence-electron chi connectivity index (χ2n) is 5.69. The van der Waals surface area contributed by atoms with Crippen molar-refractivity contribution in [2.75, 3.05) is 12.5 Å². The maximum Gasteiger partial charge on any atom is 0.343 e. The molecule has 9 nitrogen and oxygen atoms in total. The molecule has 1 aromatic heterocycles. The predicted molar refractivity (Wildman–Crippen MR) is 107 cm³/mol. The van der Waals surface area contributed by atoms with E-state index in [-0.39, 0.29) is 11.4 Å². The lowest BCUT2D eigenvalue weighted by molar-refractivity contribution is -0.385. The molecule has 0 saturated carbocycles. The number of nitrogens with zero attached hydrogens (tertiary/aromatic N) is 3. The van der Waals surface area contributed by atoms with Crippen LogP contribution in [0.25, 0.3) is 0 Å². The number of aromatic nitrogens is 1. The molecule has 0 aliphatic rings. The third kappa shape index (κ3) is 5.13. The zero-order valence-electron chi connectivity index (χ0n) is 15.3. The number of methoxy groups -OCH3 is 1. The number of hydrogen-bond acceptors (Lipinski definition) is 8. The third-order valence-electron chi connectivity index (χ3n) is 3.75. The minimum absolute atomic E-state index is 0.107. The molecule has 0 fully saturated rings. The Bertz CT molecular complexity index is 1040. The zero-order valence-corrected chi connectivity index (χ0v) is 15.3. The topological polar surface area (TPSA) is 116 Å². The van der Waals surface area contributed by atoms with Crippen LogP contribution in [0.5, 0.6) is 11.5 Å². The molecule has 0 bridgehead atoms. The van der Waals surface area contributed by atoms with Gasteiger partial charge in [-0.15, -0.1) is 0 Å². The fourth-order valence-corrected chi connectivity index (χ4v) is 2.31. The normalized spacial score (nSPS) is 10.5. The average Bonchev–Trinajstić information content (AvgIpc) is 2.75.